The largest absolute Gasteiger partial charge is 0.490 e. The number of carbonyl (C=O) groups excluding carboxylic acids is 3. The molecule has 1 aromatic carbocycles. The van der Waals surface area contributed by atoms with E-state index in [-0.39, 0.29) is 61.3 Å². The standard InChI is InChI=1S/C32H50N6O7/c1-19(2)33-31(41)34-25-12-13-27-26(15-25)30(40)38(21(4)18-39)16-20(3)28(43-14-10-9-11-22(5)44-27)17-37(8)32(42)35-29-23(6)36-45-24(29)7/h12-13,15,19-22,28,39H,9-11,14,16-18H2,1-8H3,(H,35,42)(H2,33,34,41)/t20-,21+,22-,28+/m1/s1. The molecule has 13 heteroatoms. The molecule has 0 spiro atoms. The maximum atomic E-state index is 14.2. The van der Waals surface area contributed by atoms with Gasteiger partial charge in [-0.1, -0.05) is 12.1 Å². The Labute approximate surface area is 266 Å². The number of fused-ring (bicyclic) bond motifs is 1. The molecule has 4 N–H and O–H groups in total. The zero-order valence-corrected chi connectivity index (χ0v) is 27.8. The number of aromatic nitrogens is 1. The number of ether oxygens (including phenoxy) is 2. The minimum Gasteiger partial charge on any atom is -0.490 e. The van der Waals surface area contributed by atoms with Gasteiger partial charge in [0, 0.05) is 44.4 Å². The van der Waals surface area contributed by atoms with Gasteiger partial charge < -0.3 is 44.9 Å². The summed E-state index contributed by atoms with van der Waals surface area (Å²) in [5.74, 6) is 0.354. The first kappa shape index (κ1) is 35.6. The maximum absolute atomic E-state index is 14.2. The second kappa shape index (κ2) is 16.5. The van der Waals surface area contributed by atoms with E-state index in [9.17, 15) is 19.5 Å². The summed E-state index contributed by atoms with van der Waals surface area (Å²) < 4.78 is 17.8. The van der Waals surface area contributed by atoms with E-state index in [4.69, 9.17) is 14.0 Å². The summed E-state index contributed by atoms with van der Waals surface area (Å²) in [4.78, 5) is 42.9. The normalized spacial score (nSPS) is 20.4. The molecule has 0 saturated carbocycles. The van der Waals surface area contributed by atoms with Crippen LogP contribution in [0.25, 0.3) is 0 Å². The lowest BCUT2D eigenvalue weighted by Gasteiger charge is -2.35. The van der Waals surface area contributed by atoms with Gasteiger partial charge in [-0.15, -0.1) is 0 Å². The van der Waals surface area contributed by atoms with E-state index in [0.717, 1.165) is 19.3 Å². The lowest BCUT2D eigenvalue weighted by Crippen LogP contribution is -2.48. The van der Waals surface area contributed by atoms with Gasteiger partial charge in [0.2, 0.25) is 0 Å². The summed E-state index contributed by atoms with van der Waals surface area (Å²) in [6.07, 6.45) is 1.79. The highest BCUT2D eigenvalue weighted by atomic mass is 16.5. The Bertz CT molecular complexity index is 1280. The molecule has 2 aromatic rings. The molecule has 0 unspecified atom stereocenters. The van der Waals surface area contributed by atoms with Gasteiger partial charge in [0.1, 0.15) is 17.1 Å². The Hall–Kier alpha value is -3.84. The number of likely N-dealkylation sites (N-methyl/N-ethyl adjacent to an activating group) is 1. The predicted molar refractivity (Wildman–Crippen MR) is 172 cm³/mol. The average Bonchev–Trinajstić information content (AvgIpc) is 3.30. The Kier molecular flexibility index (Phi) is 13.0. The van der Waals surface area contributed by atoms with E-state index in [2.05, 4.69) is 21.1 Å². The molecule has 0 aliphatic carbocycles. The fraction of sp³-hybridized carbons (Fsp3) is 0.625. The molecule has 4 atom stereocenters. The number of nitrogens with one attached hydrogen (secondary N) is 3. The number of nitrogens with zero attached hydrogens (tertiary/aromatic N) is 3. The number of aryl methyl sites for hydroxylation is 2. The van der Waals surface area contributed by atoms with Crippen LogP contribution in [0.2, 0.25) is 0 Å². The number of hydrogen-bond acceptors (Lipinski definition) is 8. The molecule has 2 heterocycles. The molecule has 3 rings (SSSR count). The van der Waals surface area contributed by atoms with E-state index in [1.54, 1.807) is 55.8 Å². The molecule has 0 radical (unpaired) electrons. The fourth-order valence-corrected chi connectivity index (χ4v) is 5.11. The molecule has 5 amide bonds. The van der Waals surface area contributed by atoms with E-state index >= 15 is 0 Å². The molecule has 13 nitrogen and oxygen atoms in total. The van der Waals surface area contributed by atoms with Crippen molar-refractivity contribution in [1.29, 1.82) is 0 Å². The van der Waals surface area contributed by atoms with Crippen LogP contribution in [0.1, 0.15) is 75.7 Å². The number of amides is 5. The van der Waals surface area contributed by atoms with Crippen LogP contribution >= 0.6 is 0 Å². The average molecular weight is 631 g/mol. The second-order valence-electron chi connectivity index (χ2n) is 12.3. The quantitative estimate of drug-likeness (QED) is 0.340. The zero-order valence-electron chi connectivity index (χ0n) is 27.8. The van der Waals surface area contributed by atoms with Crippen LogP contribution in [-0.2, 0) is 4.74 Å². The van der Waals surface area contributed by atoms with Crippen molar-refractivity contribution in [3.05, 3.63) is 35.2 Å². The van der Waals surface area contributed by atoms with Crippen molar-refractivity contribution in [3.63, 3.8) is 0 Å². The molecule has 0 saturated heterocycles. The van der Waals surface area contributed by atoms with Gasteiger partial charge in [0.15, 0.2) is 5.76 Å². The molecule has 1 aliphatic heterocycles. The minimum atomic E-state index is -0.528. The first-order valence-corrected chi connectivity index (χ1v) is 15.7. The lowest BCUT2D eigenvalue weighted by molar-refractivity contribution is -0.0115. The highest BCUT2D eigenvalue weighted by molar-refractivity contribution is 5.99. The molecule has 0 bridgehead atoms. The van der Waals surface area contributed by atoms with Crippen LogP contribution in [0.3, 0.4) is 0 Å². The molecular weight excluding hydrogens is 580 g/mol. The molecule has 0 fully saturated rings. The minimum absolute atomic E-state index is 0.0633. The van der Waals surface area contributed by atoms with E-state index in [1.165, 1.54) is 0 Å². The Morgan fingerprint density at radius 3 is 2.53 bits per heavy atom. The number of hydrogen-bond donors (Lipinski definition) is 4. The first-order chi connectivity index (χ1) is 21.3. The number of anilines is 2. The van der Waals surface area contributed by atoms with Gasteiger partial charge >= 0.3 is 12.1 Å². The van der Waals surface area contributed by atoms with Gasteiger partial charge in [-0.25, -0.2) is 9.59 Å². The number of benzene rings is 1. The maximum Gasteiger partial charge on any atom is 0.321 e. The van der Waals surface area contributed by atoms with Gasteiger partial charge in [-0.2, -0.15) is 0 Å². The van der Waals surface area contributed by atoms with Crippen molar-refractivity contribution >= 4 is 29.3 Å². The van der Waals surface area contributed by atoms with Crippen molar-refractivity contribution in [1.82, 2.24) is 20.3 Å². The third-order valence-electron chi connectivity index (χ3n) is 7.79. The van der Waals surface area contributed by atoms with Crippen molar-refractivity contribution in [2.24, 2.45) is 5.92 Å². The van der Waals surface area contributed by atoms with E-state index in [1.807, 2.05) is 27.7 Å². The lowest BCUT2D eigenvalue weighted by atomic mass is 10.0. The van der Waals surface area contributed by atoms with Crippen molar-refractivity contribution < 1.29 is 33.5 Å². The summed E-state index contributed by atoms with van der Waals surface area (Å²) in [5, 5.41) is 22.5. The van der Waals surface area contributed by atoms with Crippen LogP contribution in [0.15, 0.2) is 22.7 Å². The first-order valence-electron chi connectivity index (χ1n) is 15.7. The fourth-order valence-electron chi connectivity index (χ4n) is 5.11. The van der Waals surface area contributed by atoms with E-state index < -0.39 is 12.1 Å². The molecular formula is C32H50N6O7. The number of carbonyl (C=O) groups is 3. The van der Waals surface area contributed by atoms with Crippen molar-refractivity contribution in [2.75, 3.05) is 44.0 Å². The zero-order chi connectivity index (χ0) is 33.3. The van der Waals surface area contributed by atoms with Crippen molar-refractivity contribution in [3.8, 4) is 5.75 Å². The monoisotopic (exact) mass is 630 g/mol. The van der Waals surface area contributed by atoms with Gasteiger partial charge in [-0.3, -0.25) is 4.79 Å². The van der Waals surface area contributed by atoms with E-state index in [0.29, 0.717) is 35.2 Å². The number of urea groups is 2. The van der Waals surface area contributed by atoms with Gasteiger partial charge in [0.05, 0.1) is 30.4 Å². The Morgan fingerprint density at radius 2 is 1.89 bits per heavy atom. The second-order valence-corrected chi connectivity index (χ2v) is 12.3. The van der Waals surface area contributed by atoms with Crippen LogP contribution in [-0.4, -0.2) is 95.7 Å². The van der Waals surface area contributed by atoms with Crippen LogP contribution in [0.5, 0.6) is 5.75 Å². The van der Waals surface area contributed by atoms with Crippen LogP contribution in [0.4, 0.5) is 21.0 Å². The summed E-state index contributed by atoms with van der Waals surface area (Å²) in [6.45, 7) is 13.6. The highest BCUT2D eigenvalue weighted by Gasteiger charge is 2.31. The molecule has 1 aromatic heterocycles. The topological polar surface area (TPSA) is 158 Å². The van der Waals surface area contributed by atoms with Crippen molar-refractivity contribution in [2.45, 2.75) is 92.0 Å². The number of aliphatic hydroxyl groups is 1. The Morgan fingerprint density at radius 1 is 1.16 bits per heavy atom. The van der Waals surface area contributed by atoms with Gasteiger partial charge in [-0.05, 0) is 79.0 Å². The summed E-state index contributed by atoms with van der Waals surface area (Å²) >= 11 is 0. The summed E-state index contributed by atoms with van der Waals surface area (Å²) in [5.41, 5.74) is 1.84. The molecule has 250 valence electrons. The third kappa shape index (κ3) is 10.1. The van der Waals surface area contributed by atoms with Gasteiger partial charge in [0.25, 0.3) is 5.91 Å². The number of rotatable bonds is 7. The summed E-state index contributed by atoms with van der Waals surface area (Å²) in [7, 11) is 1.69. The molecule has 45 heavy (non-hydrogen) atoms. The predicted octanol–water partition coefficient (Wildman–Crippen LogP) is 4.78. The third-order valence-corrected chi connectivity index (χ3v) is 7.79. The van der Waals surface area contributed by atoms with Crippen LogP contribution < -0.4 is 20.7 Å². The SMILES string of the molecule is Cc1noc(C)c1NC(=O)N(C)C[C@@H]1OCCCC[C@@H](C)Oc2ccc(NC(=O)NC(C)C)cc2C(=O)N([C@@H](C)CO)C[C@H]1C. The Balaban J connectivity index is 1.90. The molecule has 1 aliphatic rings. The summed E-state index contributed by atoms with van der Waals surface area (Å²) in [6, 6.07) is 3.70. The highest BCUT2D eigenvalue weighted by Crippen LogP contribution is 2.29. The number of aliphatic hydroxyl groups excluding tert-OH is 1. The smallest absolute Gasteiger partial charge is 0.321 e. The van der Waals surface area contributed by atoms with Crippen LogP contribution in [0, 0.1) is 19.8 Å².